The standard InChI is InChI=1S/C24H29N5O4/c1-27(2)23(30)15-5-6-21-19(10-15)17(13-28(21)3)9-18-14-33-8-7-29(18)24(31)16-11-20(25)22(32-4)26-12-16/h5-6,10-13,18H,7-9,14,25H2,1-4H3/t18-/m0/s1. The molecule has 2 amide bonds. The minimum Gasteiger partial charge on any atom is -0.480 e. The molecule has 1 aliphatic rings. The first-order valence-corrected chi connectivity index (χ1v) is 10.8. The molecule has 0 bridgehead atoms. The molecule has 33 heavy (non-hydrogen) atoms. The van der Waals surface area contributed by atoms with Crippen LogP contribution in [0.25, 0.3) is 10.9 Å². The Morgan fingerprint density at radius 1 is 1.27 bits per heavy atom. The van der Waals surface area contributed by atoms with Gasteiger partial charge in [-0.3, -0.25) is 9.59 Å². The van der Waals surface area contributed by atoms with Crippen molar-refractivity contribution >= 4 is 28.4 Å². The number of benzene rings is 1. The van der Waals surface area contributed by atoms with Crippen LogP contribution in [0.15, 0.2) is 36.7 Å². The monoisotopic (exact) mass is 451 g/mol. The highest BCUT2D eigenvalue weighted by Gasteiger charge is 2.30. The number of pyridine rings is 1. The number of morpholine rings is 1. The lowest BCUT2D eigenvalue weighted by Crippen LogP contribution is -2.49. The molecule has 3 heterocycles. The van der Waals surface area contributed by atoms with Gasteiger partial charge in [0.05, 0.1) is 37.6 Å². The smallest absolute Gasteiger partial charge is 0.255 e. The van der Waals surface area contributed by atoms with E-state index in [9.17, 15) is 9.59 Å². The van der Waals surface area contributed by atoms with Gasteiger partial charge in [-0.1, -0.05) is 0 Å². The summed E-state index contributed by atoms with van der Waals surface area (Å²) >= 11 is 0. The van der Waals surface area contributed by atoms with Crippen molar-refractivity contribution in [3.63, 3.8) is 0 Å². The van der Waals surface area contributed by atoms with Gasteiger partial charge >= 0.3 is 0 Å². The number of carbonyl (C=O) groups excluding carboxylic acids is 2. The van der Waals surface area contributed by atoms with Crippen molar-refractivity contribution in [2.24, 2.45) is 7.05 Å². The maximum absolute atomic E-state index is 13.3. The number of amides is 2. The SMILES string of the molecule is COc1ncc(C(=O)N2CCOC[C@@H]2Cc2cn(C)c3ccc(C(=O)N(C)C)cc23)cc1N. The predicted molar refractivity (Wildman–Crippen MR) is 125 cm³/mol. The number of hydrogen-bond acceptors (Lipinski definition) is 6. The zero-order valence-electron chi connectivity index (χ0n) is 19.4. The van der Waals surface area contributed by atoms with E-state index in [-0.39, 0.29) is 17.9 Å². The summed E-state index contributed by atoms with van der Waals surface area (Å²) in [6, 6.07) is 7.17. The van der Waals surface area contributed by atoms with Crippen molar-refractivity contribution in [2.45, 2.75) is 12.5 Å². The van der Waals surface area contributed by atoms with Gasteiger partial charge in [-0.15, -0.1) is 0 Å². The van der Waals surface area contributed by atoms with E-state index < -0.39 is 0 Å². The zero-order chi connectivity index (χ0) is 23.7. The van der Waals surface area contributed by atoms with Crippen LogP contribution in [0.4, 0.5) is 5.69 Å². The van der Waals surface area contributed by atoms with E-state index in [1.807, 2.05) is 34.7 Å². The first-order valence-electron chi connectivity index (χ1n) is 10.8. The van der Waals surface area contributed by atoms with Gasteiger partial charge in [-0.05, 0) is 36.2 Å². The van der Waals surface area contributed by atoms with Crippen molar-refractivity contribution in [3.05, 3.63) is 53.3 Å². The Morgan fingerprint density at radius 2 is 2.06 bits per heavy atom. The molecule has 1 aliphatic heterocycles. The average molecular weight is 452 g/mol. The van der Waals surface area contributed by atoms with E-state index in [4.69, 9.17) is 15.2 Å². The van der Waals surface area contributed by atoms with Gasteiger partial charge in [-0.2, -0.15) is 0 Å². The molecule has 4 rings (SSSR count). The number of anilines is 1. The maximum atomic E-state index is 13.3. The fourth-order valence-corrected chi connectivity index (χ4v) is 4.30. The minimum atomic E-state index is -0.159. The van der Waals surface area contributed by atoms with E-state index in [0.717, 1.165) is 16.5 Å². The Morgan fingerprint density at radius 3 is 2.76 bits per heavy atom. The molecular formula is C24H29N5O4. The molecule has 9 nitrogen and oxygen atoms in total. The molecule has 0 radical (unpaired) electrons. The van der Waals surface area contributed by atoms with Gasteiger partial charge in [0.2, 0.25) is 5.88 Å². The van der Waals surface area contributed by atoms with Crippen LogP contribution in [0.1, 0.15) is 26.3 Å². The number of nitrogens with zero attached hydrogens (tertiary/aromatic N) is 4. The molecule has 0 aliphatic carbocycles. The molecule has 0 spiro atoms. The van der Waals surface area contributed by atoms with E-state index in [2.05, 4.69) is 11.2 Å². The van der Waals surface area contributed by atoms with Crippen molar-refractivity contribution in [1.82, 2.24) is 19.4 Å². The quantitative estimate of drug-likeness (QED) is 0.636. The highest BCUT2D eigenvalue weighted by atomic mass is 16.5. The lowest BCUT2D eigenvalue weighted by Gasteiger charge is -2.35. The Balaban J connectivity index is 1.64. The molecule has 174 valence electrons. The van der Waals surface area contributed by atoms with Gasteiger partial charge in [0.1, 0.15) is 0 Å². The number of nitrogen functional groups attached to an aromatic ring is 1. The number of aryl methyl sites for hydroxylation is 1. The van der Waals surface area contributed by atoms with Crippen LogP contribution >= 0.6 is 0 Å². The molecular weight excluding hydrogens is 422 g/mol. The second-order valence-electron chi connectivity index (χ2n) is 8.45. The average Bonchev–Trinajstić information content (AvgIpc) is 3.12. The van der Waals surface area contributed by atoms with Crippen molar-refractivity contribution in [1.29, 1.82) is 0 Å². The van der Waals surface area contributed by atoms with Gasteiger partial charge in [0.15, 0.2) is 0 Å². The zero-order valence-corrected chi connectivity index (χ0v) is 19.4. The topological polar surface area (TPSA) is 103 Å². The Bertz CT molecular complexity index is 1200. The Kier molecular flexibility index (Phi) is 6.24. The van der Waals surface area contributed by atoms with E-state index in [0.29, 0.717) is 48.9 Å². The van der Waals surface area contributed by atoms with Gasteiger partial charge in [0.25, 0.3) is 11.8 Å². The molecule has 1 saturated heterocycles. The number of rotatable bonds is 5. The molecule has 1 aromatic carbocycles. The second-order valence-corrected chi connectivity index (χ2v) is 8.45. The number of hydrogen-bond donors (Lipinski definition) is 1. The number of aromatic nitrogens is 2. The van der Waals surface area contributed by atoms with Crippen LogP contribution in [-0.2, 0) is 18.2 Å². The third-order valence-electron chi connectivity index (χ3n) is 5.99. The van der Waals surface area contributed by atoms with Gasteiger partial charge < -0.3 is 29.6 Å². The molecule has 0 saturated carbocycles. The second kappa shape index (κ2) is 9.11. The lowest BCUT2D eigenvalue weighted by atomic mass is 10.0. The molecule has 9 heteroatoms. The van der Waals surface area contributed by atoms with Crippen LogP contribution in [0.2, 0.25) is 0 Å². The summed E-state index contributed by atoms with van der Waals surface area (Å²) in [5.41, 5.74) is 9.42. The van der Waals surface area contributed by atoms with Crippen molar-refractivity contribution in [3.8, 4) is 5.88 Å². The first kappa shape index (κ1) is 22.6. The summed E-state index contributed by atoms with van der Waals surface area (Å²) in [6.45, 7) is 1.38. The predicted octanol–water partition coefficient (Wildman–Crippen LogP) is 1.95. The highest BCUT2D eigenvalue weighted by Crippen LogP contribution is 2.27. The number of ether oxygens (including phenoxy) is 2. The van der Waals surface area contributed by atoms with Gasteiger partial charge in [0, 0.05) is 56.5 Å². The number of fused-ring (bicyclic) bond motifs is 1. The normalized spacial score (nSPS) is 16.1. The first-order chi connectivity index (χ1) is 15.8. The summed E-state index contributed by atoms with van der Waals surface area (Å²) < 4.78 is 12.9. The number of methoxy groups -OCH3 is 1. The number of carbonyl (C=O) groups is 2. The number of nitrogens with two attached hydrogens (primary N) is 1. The lowest BCUT2D eigenvalue weighted by molar-refractivity contribution is -0.00158. The molecule has 1 atom stereocenters. The fourth-order valence-electron chi connectivity index (χ4n) is 4.30. The van der Waals surface area contributed by atoms with Crippen LogP contribution in [-0.4, -0.2) is 78.2 Å². The highest BCUT2D eigenvalue weighted by molar-refractivity contribution is 5.99. The molecule has 2 aromatic heterocycles. The van der Waals surface area contributed by atoms with E-state index in [1.165, 1.54) is 13.3 Å². The third kappa shape index (κ3) is 4.36. The van der Waals surface area contributed by atoms with Crippen LogP contribution in [0.3, 0.4) is 0 Å². The summed E-state index contributed by atoms with van der Waals surface area (Å²) in [5.74, 6) is 0.104. The summed E-state index contributed by atoms with van der Waals surface area (Å²) in [4.78, 5) is 33.3. The van der Waals surface area contributed by atoms with Crippen LogP contribution < -0.4 is 10.5 Å². The summed E-state index contributed by atoms with van der Waals surface area (Å²) in [7, 11) is 6.94. The largest absolute Gasteiger partial charge is 0.480 e. The van der Waals surface area contributed by atoms with Crippen LogP contribution in [0, 0.1) is 0 Å². The molecule has 3 aromatic rings. The summed E-state index contributed by atoms with van der Waals surface area (Å²) in [6.07, 6.45) is 4.14. The molecule has 1 fully saturated rings. The minimum absolute atomic E-state index is 0.0471. The summed E-state index contributed by atoms with van der Waals surface area (Å²) in [5, 5.41) is 0.999. The van der Waals surface area contributed by atoms with Gasteiger partial charge in [-0.25, -0.2) is 4.98 Å². The van der Waals surface area contributed by atoms with Crippen molar-refractivity contribution in [2.75, 3.05) is 46.7 Å². The fraction of sp³-hybridized carbons (Fsp3) is 0.375. The third-order valence-corrected chi connectivity index (χ3v) is 5.99. The molecule has 0 unspecified atom stereocenters. The van der Waals surface area contributed by atoms with Crippen molar-refractivity contribution < 1.29 is 19.1 Å². The Hall–Kier alpha value is -3.59. The maximum Gasteiger partial charge on any atom is 0.255 e. The van der Waals surface area contributed by atoms with E-state index in [1.54, 1.807) is 25.1 Å². The van der Waals surface area contributed by atoms with Crippen LogP contribution in [0.5, 0.6) is 5.88 Å². The van der Waals surface area contributed by atoms with E-state index >= 15 is 0 Å². The molecule has 2 N–H and O–H groups in total. The Labute approximate surface area is 192 Å².